The van der Waals surface area contributed by atoms with E-state index in [2.05, 4.69) is 19.9 Å². The highest BCUT2D eigenvalue weighted by atomic mass is 19.4. The SMILES string of the molecule is Cc1cc(-n2nccc2-c2nn(-c3ccc(OC(F)(F)F)cc3)ccc2=O)c2cc(F)ccc2n1. The Morgan fingerprint density at radius 3 is 2.49 bits per heavy atom. The molecule has 7 nitrogen and oxygen atoms in total. The lowest BCUT2D eigenvalue weighted by Gasteiger charge is -2.13. The Morgan fingerprint density at radius 1 is 0.971 bits per heavy atom. The molecule has 0 spiro atoms. The van der Waals surface area contributed by atoms with E-state index in [9.17, 15) is 22.4 Å². The summed E-state index contributed by atoms with van der Waals surface area (Å²) in [6.07, 6.45) is -1.92. The molecular formula is C24H15F4N5O2. The van der Waals surface area contributed by atoms with Gasteiger partial charge < -0.3 is 4.74 Å². The van der Waals surface area contributed by atoms with E-state index in [1.807, 2.05) is 0 Å². The van der Waals surface area contributed by atoms with Crippen molar-refractivity contribution in [1.29, 1.82) is 0 Å². The molecule has 0 atom stereocenters. The summed E-state index contributed by atoms with van der Waals surface area (Å²) < 4.78 is 58.0. The summed E-state index contributed by atoms with van der Waals surface area (Å²) in [6, 6.07) is 13.9. The number of aromatic nitrogens is 5. The van der Waals surface area contributed by atoms with Crippen molar-refractivity contribution in [2.45, 2.75) is 13.3 Å². The lowest BCUT2D eigenvalue weighted by Crippen LogP contribution is -2.17. The van der Waals surface area contributed by atoms with Crippen molar-refractivity contribution in [2.24, 2.45) is 0 Å². The maximum atomic E-state index is 14.0. The van der Waals surface area contributed by atoms with Gasteiger partial charge in [-0.15, -0.1) is 13.2 Å². The molecule has 0 unspecified atom stereocenters. The molecule has 176 valence electrons. The van der Waals surface area contributed by atoms with Crippen LogP contribution in [0.5, 0.6) is 5.75 Å². The third-order valence-electron chi connectivity index (χ3n) is 5.13. The van der Waals surface area contributed by atoms with Crippen LogP contribution in [0.3, 0.4) is 0 Å². The summed E-state index contributed by atoms with van der Waals surface area (Å²) in [6.45, 7) is 1.79. The van der Waals surface area contributed by atoms with Gasteiger partial charge in [0.15, 0.2) is 5.69 Å². The summed E-state index contributed by atoms with van der Waals surface area (Å²) in [7, 11) is 0. The molecule has 3 aromatic heterocycles. The van der Waals surface area contributed by atoms with Crippen LogP contribution in [0.25, 0.3) is 33.7 Å². The molecule has 0 aliphatic carbocycles. The van der Waals surface area contributed by atoms with Gasteiger partial charge in [-0.2, -0.15) is 10.2 Å². The van der Waals surface area contributed by atoms with E-state index in [0.717, 1.165) is 12.1 Å². The molecule has 0 saturated carbocycles. The number of pyridine rings is 1. The minimum atomic E-state index is -4.80. The summed E-state index contributed by atoms with van der Waals surface area (Å²) in [5.74, 6) is -0.830. The summed E-state index contributed by atoms with van der Waals surface area (Å²) in [5.41, 5.74) is 2.12. The van der Waals surface area contributed by atoms with Gasteiger partial charge >= 0.3 is 6.36 Å². The molecule has 11 heteroatoms. The van der Waals surface area contributed by atoms with Gasteiger partial charge in [0.25, 0.3) is 0 Å². The number of rotatable bonds is 4. The number of alkyl halides is 3. The van der Waals surface area contributed by atoms with Gasteiger partial charge in [-0.3, -0.25) is 9.78 Å². The standard InChI is InChI=1S/C24H15F4N5O2/c1-14-12-21(18-13-15(25)2-7-19(18)30-14)33-20(8-10-29-33)23-22(34)9-11-32(31-23)16-3-5-17(6-4-16)35-24(26,27)28/h2-13H,1H3. The number of ether oxygens (including phenoxy) is 1. The Morgan fingerprint density at radius 2 is 1.74 bits per heavy atom. The molecule has 0 N–H and O–H groups in total. The molecule has 35 heavy (non-hydrogen) atoms. The van der Waals surface area contributed by atoms with E-state index in [-0.39, 0.29) is 11.4 Å². The highest BCUT2D eigenvalue weighted by molar-refractivity contribution is 5.88. The predicted molar refractivity (Wildman–Crippen MR) is 119 cm³/mol. The zero-order valence-electron chi connectivity index (χ0n) is 18.0. The number of nitrogens with zero attached hydrogens (tertiary/aromatic N) is 5. The minimum Gasteiger partial charge on any atom is -0.406 e. The quantitative estimate of drug-likeness (QED) is 0.339. The predicted octanol–water partition coefficient (Wildman–Crippen LogP) is 4.98. The molecule has 0 aliphatic heterocycles. The van der Waals surface area contributed by atoms with Gasteiger partial charge in [-0.05, 0) is 61.5 Å². The Balaban J connectivity index is 1.60. The number of hydrogen-bond acceptors (Lipinski definition) is 5. The van der Waals surface area contributed by atoms with Crippen LogP contribution in [-0.2, 0) is 0 Å². The van der Waals surface area contributed by atoms with E-state index in [4.69, 9.17) is 0 Å². The van der Waals surface area contributed by atoms with Gasteiger partial charge in [-0.25, -0.2) is 13.8 Å². The first-order valence-electron chi connectivity index (χ1n) is 10.3. The van der Waals surface area contributed by atoms with E-state index >= 15 is 0 Å². The number of aryl methyl sites for hydroxylation is 1. The lowest BCUT2D eigenvalue weighted by atomic mass is 10.1. The maximum absolute atomic E-state index is 14.0. The van der Waals surface area contributed by atoms with E-state index in [1.54, 1.807) is 25.1 Å². The molecule has 0 radical (unpaired) electrons. The molecular weight excluding hydrogens is 466 g/mol. The average Bonchev–Trinajstić information content (AvgIpc) is 3.28. The normalized spacial score (nSPS) is 11.7. The number of fused-ring (bicyclic) bond motifs is 1. The van der Waals surface area contributed by atoms with Crippen LogP contribution >= 0.6 is 0 Å². The largest absolute Gasteiger partial charge is 0.573 e. The van der Waals surface area contributed by atoms with Crippen LogP contribution in [0.2, 0.25) is 0 Å². The summed E-state index contributed by atoms with van der Waals surface area (Å²) >= 11 is 0. The average molecular weight is 481 g/mol. The second kappa shape index (κ2) is 8.35. The van der Waals surface area contributed by atoms with Crippen LogP contribution in [-0.4, -0.2) is 30.9 Å². The van der Waals surface area contributed by atoms with Gasteiger partial charge in [0.2, 0.25) is 5.43 Å². The van der Waals surface area contributed by atoms with Gasteiger partial charge in [0.1, 0.15) is 11.6 Å². The topological polar surface area (TPSA) is 74.8 Å². The molecule has 2 aromatic carbocycles. The molecule has 0 aliphatic rings. The molecule has 0 fully saturated rings. The van der Waals surface area contributed by atoms with E-state index in [1.165, 1.54) is 52.1 Å². The summed E-state index contributed by atoms with van der Waals surface area (Å²) in [5, 5.41) is 9.21. The second-order valence-corrected chi connectivity index (χ2v) is 7.59. The van der Waals surface area contributed by atoms with Crippen LogP contribution in [0, 0.1) is 12.7 Å². The molecule has 0 amide bonds. The van der Waals surface area contributed by atoms with Gasteiger partial charge in [0, 0.05) is 23.3 Å². The van der Waals surface area contributed by atoms with Crippen molar-refractivity contribution < 1.29 is 22.3 Å². The number of hydrogen-bond donors (Lipinski definition) is 0. The first-order valence-corrected chi connectivity index (χ1v) is 10.3. The van der Waals surface area contributed by atoms with Gasteiger partial charge in [0.05, 0.1) is 28.8 Å². The number of benzene rings is 2. The van der Waals surface area contributed by atoms with Crippen LogP contribution < -0.4 is 10.2 Å². The van der Waals surface area contributed by atoms with Gasteiger partial charge in [-0.1, -0.05) is 0 Å². The fraction of sp³-hybridized carbons (Fsp3) is 0.0833. The smallest absolute Gasteiger partial charge is 0.406 e. The summed E-state index contributed by atoms with van der Waals surface area (Å²) in [4.78, 5) is 17.2. The third-order valence-corrected chi connectivity index (χ3v) is 5.13. The maximum Gasteiger partial charge on any atom is 0.573 e. The fourth-order valence-corrected chi connectivity index (χ4v) is 3.69. The Kier molecular flexibility index (Phi) is 5.31. The van der Waals surface area contributed by atoms with Crippen molar-refractivity contribution >= 4 is 10.9 Å². The molecule has 0 bridgehead atoms. The Labute approximate surface area is 194 Å². The van der Waals surface area contributed by atoms with Crippen molar-refractivity contribution in [3.05, 3.63) is 94.8 Å². The molecule has 3 heterocycles. The van der Waals surface area contributed by atoms with Crippen molar-refractivity contribution in [2.75, 3.05) is 0 Å². The molecule has 5 rings (SSSR count). The highest BCUT2D eigenvalue weighted by Crippen LogP contribution is 2.27. The second-order valence-electron chi connectivity index (χ2n) is 7.59. The van der Waals surface area contributed by atoms with Crippen molar-refractivity contribution in [3.8, 4) is 28.5 Å². The lowest BCUT2D eigenvalue weighted by molar-refractivity contribution is -0.274. The van der Waals surface area contributed by atoms with Crippen molar-refractivity contribution in [1.82, 2.24) is 24.5 Å². The molecule has 5 aromatic rings. The zero-order chi connectivity index (χ0) is 24.7. The minimum absolute atomic E-state index is 0.0413. The first-order chi connectivity index (χ1) is 16.7. The van der Waals surface area contributed by atoms with Crippen LogP contribution in [0.15, 0.2) is 77.9 Å². The van der Waals surface area contributed by atoms with E-state index < -0.39 is 17.6 Å². The van der Waals surface area contributed by atoms with E-state index in [0.29, 0.717) is 33.7 Å². The van der Waals surface area contributed by atoms with Crippen LogP contribution in [0.4, 0.5) is 17.6 Å². The van der Waals surface area contributed by atoms with Crippen molar-refractivity contribution in [3.63, 3.8) is 0 Å². The Bertz CT molecular complexity index is 1610. The monoisotopic (exact) mass is 481 g/mol. The first kappa shape index (κ1) is 22.3. The zero-order valence-corrected chi connectivity index (χ0v) is 18.0. The van der Waals surface area contributed by atoms with Crippen LogP contribution in [0.1, 0.15) is 5.69 Å². The highest BCUT2D eigenvalue weighted by Gasteiger charge is 2.31. The fourth-order valence-electron chi connectivity index (χ4n) is 3.69. The third kappa shape index (κ3) is 4.47. The molecule has 0 saturated heterocycles. The number of halogens is 4. The Hall–Kier alpha value is -4.54.